The summed E-state index contributed by atoms with van der Waals surface area (Å²) in [5, 5.41) is 9.25. The van der Waals surface area contributed by atoms with E-state index in [1.54, 1.807) is 22.0 Å². The lowest BCUT2D eigenvalue weighted by Crippen LogP contribution is -2.15. The largest absolute Gasteiger partial charge is 0.313 e. The average molecular weight is 374 g/mol. The van der Waals surface area contributed by atoms with Crippen molar-refractivity contribution in [2.24, 2.45) is 7.05 Å². The molecule has 0 fully saturated rings. The smallest absolute Gasteiger partial charge is 0.263 e. The van der Waals surface area contributed by atoms with Crippen molar-refractivity contribution in [1.82, 2.24) is 24.1 Å². The number of nitrogens with one attached hydrogen (secondary N) is 1. The van der Waals surface area contributed by atoms with Crippen LogP contribution < -0.4 is 5.32 Å². The SMILES string of the molecule is Cn1c(NC(=O)c2cnn3c(-c4cccs4)ccnc23)nc2ccccc21. The zero-order valence-corrected chi connectivity index (χ0v) is 15.1. The summed E-state index contributed by atoms with van der Waals surface area (Å²) in [4.78, 5) is 22.8. The molecule has 27 heavy (non-hydrogen) atoms. The minimum absolute atomic E-state index is 0.292. The molecule has 1 amide bonds. The van der Waals surface area contributed by atoms with Gasteiger partial charge >= 0.3 is 0 Å². The molecule has 1 aromatic carbocycles. The van der Waals surface area contributed by atoms with Gasteiger partial charge in [0.1, 0.15) is 5.56 Å². The Balaban J connectivity index is 1.54. The van der Waals surface area contributed by atoms with Gasteiger partial charge in [-0.15, -0.1) is 11.3 Å². The lowest BCUT2D eigenvalue weighted by Gasteiger charge is -2.05. The molecule has 5 rings (SSSR count). The molecule has 0 unspecified atom stereocenters. The molecular weight excluding hydrogens is 360 g/mol. The average Bonchev–Trinajstić information content (AvgIpc) is 3.41. The van der Waals surface area contributed by atoms with E-state index >= 15 is 0 Å². The molecule has 7 nitrogen and oxygen atoms in total. The zero-order valence-electron chi connectivity index (χ0n) is 14.3. The maximum absolute atomic E-state index is 12.9. The van der Waals surface area contributed by atoms with E-state index in [0.717, 1.165) is 21.6 Å². The van der Waals surface area contributed by atoms with E-state index < -0.39 is 0 Å². The first-order valence-corrected chi connectivity index (χ1v) is 9.20. The van der Waals surface area contributed by atoms with E-state index in [-0.39, 0.29) is 5.91 Å². The maximum Gasteiger partial charge on any atom is 0.263 e. The highest BCUT2D eigenvalue weighted by atomic mass is 32.1. The van der Waals surface area contributed by atoms with Crippen LogP contribution in [0.15, 0.2) is 60.2 Å². The second-order valence-corrected chi connectivity index (χ2v) is 6.99. The van der Waals surface area contributed by atoms with Gasteiger partial charge in [0, 0.05) is 13.2 Å². The molecule has 0 aliphatic carbocycles. The van der Waals surface area contributed by atoms with Crippen molar-refractivity contribution in [1.29, 1.82) is 0 Å². The van der Waals surface area contributed by atoms with E-state index in [2.05, 4.69) is 20.4 Å². The molecule has 0 aliphatic rings. The second-order valence-electron chi connectivity index (χ2n) is 6.04. The summed E-state index contributed by atoms with van der Waals surface area (Å²) in [7, 11) is 1.87. The Morgan fingerprint density at radius 3 is 2.85 bits per heavy atom. The number of imidazole rings is 1. The quantitative estimate of drug-likeness (QED) is 0.523. The number of benzene rings is 1. The minimum atomic E-state index is -0.292. The molecule has 8 heteroatoms. The summed E-state index contributed by atoms with van der Waals surface area (Å²) in [6.07, 6.45) is 3.23. The molecule has 0 aliphatic heterocycles. The van der Waals surface area contributed by atoms with Gasteiger partial charge in [0.05, 0.1) is 27.8 Å². The van der Waals surface area contributed by atoms with Gasteiger partial charge in [0.2, 0.25) is 5.95 Å². The Morgan fingerprint density at radius 1 is 1.15 bits per heavy atom. The number of thiophene rings is 1. The van der Waals surface area contributed by atoms with Crippen LogP contribution in [0.2, 0.25) is 0 Å². The number of carbonyl (C=O) groups is 1. The lowest BCUT2D eigenvalue weighted by atomic mass is 10.3. The fourth-order valence-electron chi connectivity index (χ4n) is 3.09. The molecule has 5 aromatic rings. The molecule has 0 atom stereocenters. The first-order valence-electron chi connectivity index (χ1n) is 8.32. The number of rotatable bonds is 3. The van der Waals surface area contributed by atoms with Crippen LogP contribution in [-0.2, 0) is 7.05 Å². The Hall–Kier alpha value is -3.52. The van der Waals surface area contributed by atoms with Gasteiger partial charge in [0.15, 0.2) is 5.65 Å². The molecule has 4 aromatic heterocycles. The summed E-state index contributed by atoms with van der Waals surface area (Å²) in [6, 6.07) is 13.6. The highest BCUT2D eigenvalue weighted by Gasteiger charge is 2.18. The topological polar surface area (TPSA) is 77.1 Å². The van der Waals surface area contributed by atoms with Gasteiger partial charge in [-0.1, -0.05) is 18.2 Å². The number of hydrogen-bond donors (Lipinski definition) is 1. The number of fused-ring (bicyclic) bond motifs is 2. The number of para-hydroxylation sites is 2. The van der Waals surface area contributed by atoms with Crippen LogP contribution in [-0.4, -0.2) is 30.1 Å². The Kier molecular flexibility index (Phi) is 3.51. The number of aromatic nitrogens is 5. The van der Waals surface area contributed by atoms with Gasteiger partial charge < -0.3 is 4.57 Å². The van der Waals surface area contributed by atoms with Gasteiger partial charge in [-0.25, -0.2) is 14.5 Å². The van der Waals surface area contributed by atoms with Gasteiger partial charge in [-0.2, -0.15) is 5.10 Å². The van der Waals surface area contributed by atoms with Crippen LogP contribution in [0.4, 0.5) is 5.95 Å². The highest BCUT2D eigenvalue weighted by molar-refractivity contribution is 7.13. The van der Waals surface area contributed by atoms with E-state index in [4.69, 9.17) is 0 Å². The highest BCUT2D eigenvalue weighted by Crippen LogP contribution is 2.25. The first kappa shape index (κ1) is 15.7. The number of hydrogen-bond acceptors (Lipinski definition) is 5. The van der Waals surface area contributed by atoms with E-state index in [9.17, 15) is 4.79 Å². The third-order valence-electron chi connectivity index (χ3n) is 4.43. The number of amides is 1. The maximum atomic E-state index is 12.9. The monoisotopic (exact) mass is 374 g/mol. The lowest BCUT2D eigenvalue weighted by molar-refractivity contribution is 0.102. The molecule has 4 heterocycles. The molecule has 0 spiro atoms. The number of aryl methyl sites for hydroxylation is 1. The summed E-state index contributed by atoms with van der Waals surface area (Å²) >= 11 is 1.61. The molecule has 132 valence electrons. The van der Waals surface area contributed by atoms with Crippen molar-refractivity contribution in [2.75, 3.05) is 5.32 Å². The Morgan fingerprint density at radius 2 is 2.04 bits per heavy atom. The standard InChI is InChI=1S/C19H14N6OS/c1-24-14-6-3-2-5-13(14)22-19(24)23-18(26)12-11-21-25-15(8-9-20-17(12)25)16-7-4-10-27-16/h2-11H,1H3,(H,22,23,26). The van der Waals surface area contributed by atoms with E-state index in [0.29, 0.717) is 17.2 Å². The molecule has 0 saturated heterocycles. The van der Waals surface area contributed by atoms with Crippen molar-refractivity contribution < 1.29 is 4.79 Å². The van der Waals surface area contributed by atoms with Crippen molar-refractivity contribution in [3.05, 3.63) is 65.8 Å². The predicted octanol–water partition coefficient (Wildman–Crippen LogP) is 3.60. The van der Waals surface area contributed by atoms with Crippen LogP contribution in [0.5, 0.6) is 0 Å². The summed E-state index contributed by atoms with van der Waals surface area (Å²) in [5.74, 6) is 0.189. The van der Waals surface area contributed by atoms with Crippen LogP contribution in [0, 0.1) is 0 Å². The Bertz CT molecular complexity index is 1280. The molecule has 0 bridgehead atoms. The molecule has 0 saturated carbocycles. The second kappa shape index (κ2) is 6.03. The van der Waals surface area contributed by atoms with Crippen LogP contribution in [0.1, 0.15) is 10.4 Å². The normalized spacial score (nSPS) is 11.3. The van der Waals surface area contributed by atoms with E-state index in [1.807, 2.05) is 59.5 Å². The number of nitrogens with zero attached hydrogens (tertiary/aromatic N) is 5. The van der Waals surface area contributed by atoms with Crippen molar-refractivity contribution in [3.63, 3.8) is 0 Å². The van der Waals surface area contributed by atoms with Gasteiger partial charge in [-0.05, 0) is 29.6 Å². The van der Waals surface area contributed by atoms with Crippen LogP contribution in [0.3, 0.4) is 0 Å². The zero-order chi connectivity index (χ0) is 18.4. The fourth-order valence-corrected chi connectivity index (χ4v) is 3.82. The van der Waals surface area contributed by atoms with Gasteiger partial charge in [0.25, 0.3) is 5.91 Å². The van der Waals surface area contributed by atoms with Crippen LogP contribution >= 0.6 is 11.3 Å². The summed E-state index contributed by atoms with van der Waals surface area (Å²) in [5.41, 5.74) is 3.59. The first-order chi connectivity index (χ1) is 13.2. The Labute approximate surface area is 157 Å². The van der Waals surface area contributed by atoms with Crippen LogP contribution in [0.25, 0.3) is 27.3 Å². The molecule has 1 N–H and O–H groups in total. The predicted molar refractivity (Wildman–Crippen MR) is 105 cm³/mol. The number of carbonyl (C=O) groups excluding carboxylic acids is 1. The summed E-state index contributed by atoms with van der Waals surface area (Å²) < 4.78 is 3.54. The minimum Gasteiger partial charge on any atom is -0.313 e. The molecular formula is C19H14N6OS. The molecule has 0 radical (unpaired) electrons. The fraction of sp³-hybridized carbons (Fsp3) is 0.0526. The summed E-state index contributed by atoms with van der Waals surface area (Å²) in [6.45, 7) is 0. The van der Waals surface area contributed by atoms with Crippen molar-refractivity contribution in [2.45, 2.75) is 0 Å². The third-order valence-corrected chi connectivity index (χ3v) is 5.32. The van der Waals surface area contributed by atoms with Crippen molar-refractivity contribution in [3.8, 4) is 10.6 Å². The van der Waals surface area contributed by atoms with Gasteiger partial charge in [-0.3, -0.25) is 10.1 Å². The number of anilines is 1. The third kappa shape index (κ3) is 2.49. The van der Waals surface area contributed by atoms with Crippen molar-refractivity contribution >= 4 is 39.9 Å². The van der Waals surface area contributed by atoms with E-state index in [1.165, 1.54) is 6.20 Å².